The number of benzene rings is 3. The molecule has 1 radical (unpaired) electrons. The lowest BCUT2D eigenvalue weighted by atomic mass is 10.0. The van der Waals surface area contributed by atoms with Crippen LogP contribution < -0.4 is 0 Å². The summed E-state index contributed by atoms with van der Waals surface area (Å²) >= 11 is 0. The van der Waals surface area contributed by atoms with Crippen LogP contribution in [0.4, 0.5) is 0 Å². The molecule has 0 atom stereocenters. The van der Waals surface area contributed by atoms with Gasteiger partial charge in [0.15, 0.2) is 0 Å². The fraction of sp³-hybridized carbons (Fsp3) is 0. The van der Waals surface area contributed by atoms with Crippen molar-refractivity contribution < 1.29 is 4.42 Å². The third kappa shape index (κ3) is 1.55. The zero-order valence-corrected chi connectivity index (χ0v) is 10.3. The van der Waals surface area contributed by atoms with E-state index in [4.69, 9.17) is 4.42 Å². The van der Waals surface area contributed by atoms with Crippen molar-refractivity contribution in [3.63, 3.8) is 0 Å². The summed E-state index contributed by atoms with van der Waals surface area (Å²) in [6.07, 6.45) is 0. The van der Waals surface area contributed by atoms with Crippen molar-refractivity contribution in [2.45, 2.75) is 0 Å². The average molecular weight is 243 g/mol. The van der Waals surface area contributed by atoms with Gasteiger partial charge in [-0.05, 0) is 29.8 Å². The number of hydrogen-bond donors (Lipinski definition) is 0. The first-order chi connectivity index (χ1) is 9.43. The molecule has 0 aliphatic heterocycles. The normalized spacial score (nSPS) is 11.2. The van der Waals surface area contributed by atoms with Gasteiger partial charge < -0.3 is 4.42 Å². The maximum absolute atomic E-state index is 6.02. The van der Waals surface area contributed by atoms with Crippen LogP contribution in [-0.4, -0.2) is 0 Å². The molecule has 0 fully saturated rings. The minimum atomic E-state index is 0.925. The summed E-state index contributed by atoms with van der Waals surface area (Å²) in [6.45, 7) is 0. The summed E-state index contributed by atoms with van der Waals surface area (Å²) in [5, 5.41) is 2.27. The minimum Gasteiger partial charge on any atom is -0.455 e. The summed E-state index contributed by atoms with van der Waals surface area (Å²) in [5.41, 5.74) is 4.11. The van der Waals surface area contributed by atoms with E-state index in [-0.39, 0.29) is 0 Å². The summed E-state index contributed by atoms with van der Waals surface area (Å²) in [4.78, 5) is 0. The molecule has 1 nitrogen and oxygen atoms in total. The monoisotopic (exact) mass is 243 g/mol. The Morgan fingerprint density at radius 2 is 1.53 bits per heavy atom. The highest BCUT2D eigenvalue weighted by molar-refractivity contribution is 6.09. The summed E-state index contributed by atoms with van der Waals surface area (Å²) in [7, 11) is 0. The molecule has 0 spiro atoms. The van der Waals surface area contributed by atoms with Gasteiger partial charge in [0.25, 0.3) is 0 Å². The van der Waals surface area contributed by atoms with Crippen molar-refractivity contribution in [1.82, 2.24) is 0 Å². The van der Waals surface area contributed by atoms with E-state index in [1.807, 2.05) is 48.5 Å². The van der Waals surface area contributed by atoms with Crippen LogP contribution in [0.3, 0.4) is 0 Å². The Labute approximate surface area is 111 Å². The zero-order valence-electron chi connectivity index (χ0n) is 10.3. The highest BCUT2D eigenvalue weighted by Crippen LogP contribution is 2.35. The minimum absolute atomic E-state index is 0.925. The quantitative estimate of drug-likeness (QED) is 0.455. The van der Waals surface area contributed by atoms with Crippen molar-refractivity contribution in [2.75, 3.05) is 0 Å². The Morgan fingerprint density at radius 1 is 0.737 bits per heavy atom. The second-order valence-corrected chi connectivity index (χ2v) is 4.58. The Kier molecular flexibility index (Phi) is 2.18. The van der Waals surface area contributed by atoms with Gasteiger partial charge in [-0.15, -0.1) is 0 Å². The first kappa shape index (κ1) is 10.4. The average Bonchev–Trinajstić information content (AvgIpc) is 2.87. The smallest absolute Gasteiger partial charge is 0.143 e. The van der Waals surface area contributed by atoms with E-state index in [9.17, 15) is 0 Å². The third-order valence-electron chi connectivity index (χ3n) is 3.42. The molecule has 0 amide bonds. The van der Waals surface area contributed by atoms with Crippen LogP contribution in [0, 0.1) is 6.07 Å². The van der Waals surface area contributed by atoms with Crippen LogP contribution in [0.1, 0.15) is 0 Å². The lowest BCUT2D eigenvalue weighted by Gasteiger charge is -2.01. The number of rotatable bonds is 1. The van der Waals surface area contributed by atoms with E-state index < -0.39 is 0 Å². The molecule has 0 aliphatic carbocycles. The maximum atomic E-state index is 6.02. The zero-order chi connectivity index (χ0) is 12.7. The molecule has 0 N–H and O–H groups in total. The van der Waals surface area contributed by atoms with Gasteiger partial charge in [0.2, 0.25) is 0 Å². The molecule has 1 heterocycles. The van der Waals surface area contributed by atoms with E-state index in [2.05, 4.69) is 24.3 Å². The number of furan rings is 1. The van der Waals surface area contributed by atoms with E-state index in [1.54, 1.807) is 0 Å². The van der Waals surface area contributed by atoms with Crippen LogP contribution in [0.15, 0.2) is 71.1 Å². The Balaban J connectivity index is 2.13. The number of para-hydroxylation sites is 1. The van der Waals surface area contributed by atoms with E-state index >= 15 is 0 Å². The van der Waals surface area contributed by atoms with Crippen LogP contribution in [0.2, 0.25) is 0 Å². The van der Waals surface area contributed by atoms with Gasteiger partial charge in [0.1, 0.15) is 11.2 Å². The fourth-order valence-corrected chi connectivity index (χ4v) is 2.51. The number of hydrogen-bond acceptors (Lipinski definition) is 1. The molecule has 0 saturated carbocycles. The number of fused-ring (bicyclic) bond motifs is 3. The van der Waals surface area contributed by atoms with Crippen LogP contribution in [-0.2, 0) is 0 Å². The molecule has 0 unspecified atom stereocenters. The van der Waals surface area contributed by atoms with Crippen LogP contribution >= 0.6 is 0 Å². The molecule has 19 heavy (non-hydrogen) atoms. The van der Waals surface area contributed by atoms with E-state index in [0.717, 1.165) is 33.1 Å². The molecule has 4 aromatic rings. The van der Waals surface area contributed by atoms with Gasteiger partial charge in [-0.2, -0.15) is 0 Å². The van der Waals surface area contributed by atoms with Crippen molar-refractivity contribution >= 4 is 21.9 Å². The summed E-state index contributed by atoms with van der Waals surface area (Å²) < 4.78 is 6.02. The molecule has 4 rings (SSSR count). The fourth-order valence-electron chi connectivity index (χ4n) is 2.51. The molecule has 0 saturated heterocycles. The summed E-state index contributed by atoms with van der Waals surface area (Å²) in [5.74, 6) is 0. The standard InChI is InChI=1S/C18H11O/c1-2-7-13(8-3-1)14-10-6-11-16-15-9-4-5-12-17(15)19-18(14)16/h1-5,7-12H. The second-order valence-electron chi connectivity index (χ2n) is 4.58. The maximum Gasteiger partial charge on any atom is 0.143 e. The van der Waals surface area contributed by atoms with Crippen LogP contribution in [0.5, 0.6) is 0 Å². The molecule has 1 aromatic heterocycles. The lowest BCUT2D eigenvalue weighted by Crippen LogP contribution is -1.77. The van der Waals surface area contributed by atoms with Crippen molar-refractivity contribution in [3.8, 4) is 11.1 Å². The lowest BCUT2D eigenvalue weighted by molar-refractivity contribution is 0.670. The largest absolute Gasteiger partial charge is 0.455 e. The molecule has 0 aliphatic rings. The Bertz CT molecular complexity index is 857. The summed E-state index contributed by atoms with van der Waals surface area (Å²) in [6, 6.07) is 25.6. The second kappa shape index (κ2) is 3.99. The predicted molar refractivity (Wildman–Crippen MR) is 78.0 cm³/mol. The molecule has 1 heteroatoms. The first-order valence-corrected chi connectivity index (χ1v) is 6.30. The van der Waals surface area contributed by atoms with E-state index in [1.165, 1.54) is 0 Å². The Hall–Kier alpha value is -2.54. The van der Waals surface area contributed by atoms with Gasteiger partial charge in [0.05, 0.1) is 0 Å². The van der Waals surface area contributed by atoms with Gasteiger partial charge in [0, 0.05) is 16.3 Å². The molecule has 89 valence electrons. The molecule has 0 bridgehead atoms. The molecule has 3 aromatic carbocycles. The molecular formula is C18H11O. The van der Waals surface area contributed by atoms with E-state index in [0.29, 0.717) is 0 Å². The predicted octanol–water partition coefficient (Wildman–Crippen LogP) is 5.05. The van der Waals surface area contributed by atoms with Crippen LogP contribution in [0.25, 0.3) is 33.1 Å². The van der Waals surface area contributed by atoms with Gasteiger partial charge in [-0.3, -0.25) is 0 Å². The van der Waals surface area contributed by atoms with Crippen molar-refractivity contribution in [3.05, 3.63) is 72.8 Å². The topological polar surface area (TPSA) is 13.1 Å². The van der Waals surface area contributed by atoms with Crippen molar-refractivity contribution in [1.29, 1.82) is 0 Å². The van der Waals surface area contributed by atoms with Gasteiger partial charge in [-0.25, -0.2) is 0 Å². The third-order valence-corrected chi connectivity index (χ3v) is 3.42. The highest BCUT2D eigenvalue weighted by Gasteiger charge is 2.10. The Morgan fingerprint density at radius 3 is 2.42 bits per heavy atom. The van der Waals surface area contributed by atoms with Gasteiger partial charge in [-0.1, -0.05) is 48.5 Å². The SMILES string of the molecule is [c]1cc(-c2ccccc2)c2oc3ccccc3c2c1. The highest BCUT2D eigenvalue weighted by atomic mass is 16.3. The first-order valence-electron chi connectivity index (χ1n) is 6.30. The van der Waals surface area contributed by atoms with Crippen molar-refractivity contribution in [2.24, 2.45) is 0 Å². The molecular weight excluding hydrogens is 232 g/mol. The van der Waals surface area contributed by atoms with Gasteiger partial charge >= 0.3 is 0 Å².